The summed E-state index contributed by atoms with van der Waals surface area (Å²) >= 11 is 0. The Labute approximate surface area is 162 Å². The number of primary sulfonamides is 1. The fourth-order valence-corrected chi connectivity index (χ4v) is 3.30. The van der Waals surface area contributed by atoms with Crippen LogP contribution < -0.4 is 5.14 Å². The molecule has 0 atom stereocenters. The predicted octanol–water partition coefficient (Wildman–Crippen LogP) is 3.90. The number of halogens is 8. The first kappa shape index (κ1) is 21.7. The van der Waals surface area contributed by atoms with Gasteiger partial charge in [-0.15, -0.1) is 0 Å². The van der Waals surface area contributed by atoms with Crippen LogP contribution in [0.3, 0.4) is 0 Å². The lowest BCUT2D eigenvalue weighted by Crippen LogP contribution is -2.17. The summed E-state index contributed by atoms with van der Waals surface area (Å²) in [6, 6.07) is 4.00. The van der Waals surface area contributed by atoms with Gasteiger partial charge in [-0.2, -0.15) is 18.3 Å². The molecule has 0 fully saturated rings. The first-order valence-electron chi connectivity index (χ1n) is 7.56. The summed E-state index contributed by atoms with van der Waals surface area (Å²) in [6.07, 6.45) is -5.21. The van der Waals surface area contributed by atoms with Crippen LogP contribution >= 0.6 is 0 Å². The Kier molecular flexibility index (Phi) is 5.10. The van der Waals surface area contributed by atoms with E-state index in [1.807, 2.05) is 0 Å². The molecule has 5 nitrogen and oxygen atoms in total. The van der Waals surface area contributed by atoms with Gasteiger partial charge in [-0.05, 0) is 18.2 Å². The molecule has 0 aliphatic carbocycles. The molecule has 0 saturated heterocycles. The molecule has 0 aliphatic rings. The molecule has 3 rings (SSSR count). The second kappa shape index (κ2) is 7.05. The number of nitrogens with zero attached hydrogens (tertiary/aromatic N) is 2. The fraction of sp³-hybridized carbons (Fsp3) is 0.0625. The first-order chi connectivity index (χ1) is 13.7. The summed E-state index contributed by atoms with van der Waals surface area (Å²) in [5.41, 5.74) is -5.48. The lowest BCUT2D eigenvalue weighted by molar-refractivity contribution is -0.141. The fourth-order valence-electron chi connectivity index (χ4n) is 2.58. The number of sulfonamides is 1. The maximum atomic E-state index is 14.2. The highest BCUT2D eigenvalue weighted by atomic mass is 32.2. The third-order valence-corrected chi connectivity index (χ3v) is 4.82. The van der Waals surface area contributed by atoms with Crippen molar-refractivity contribution in [3.8, 4) is 16.9 Å². The topological polar surface area (TPSA) is 78.0 Å². The van der Waals surface area contributed by atoms with Crippen LogP contribution in [0, 0.1) is 29.1 Å². The molecule has 2 N–H and O–H groups in total. The van der Waals surface area contributed by atoms with E-state index in [4.69, 9.17) is 5.14 Å². The molecule has 1 aromatic heterocycles. The van der Waals surface area contributed by atoms with Crippen molar-refractivity contribution in [3.63, 3.8) is 0 Å². The molecule has 160 valence electrons. The monoisotopic (exact) mass is 457 g/mol. The van der Waals surface area contributed by atoms with E-state index in [-0.39, 0.29) is 10.7 Å². The lowest BCUT2D eigenvalue weighted by Gasteiger charge is -2.13. The van der Waals surface area contributed by atoms with Crippen LogP contribution in [0.2, 0.25) is 0 Å². The molecule has 3 aromatic rings. The normalized spacial score (nSPS) is 12.4. The summed E-state index contributed by atoms with van der Waals surface area (Å²) in [7, 11) is -4.59. The number of alkyl halides is 3. The summed E-state index contributed by atoms with van der Waals surface area (Å²) in [5, 5.41) is 8.06. The van der Waals surface area contributed by atoms with Crippen molar-refractivity contribution in [2.24, 2.45) is 5.14 Å². The standard InChI is InChI=1S/C16H7F8N3O2S/c17-11-10(12(18)14(20)15(21)13(11)19)7-5-9(16(22,23)24)26-27(7)6-3-1-2-4-8(6)30(25,28)29/h1-5H,(H2,25,28,29). The Balaban J connectivity index is 2.48. The highest BCUT2D eigenvalue weighted by Crippen LogP contribution is 2.37. The Hall–Kier alpha value is -3.00. The van der Waals surface area contributed by atoms with Gasteiger partial charge in [-0.3, -0.25) is 0 Å². The van der Waals surface area contributed by atoms with Gasteiger partial charge >= 0.3 is 6.18 Å². The number of hydrogen-bond donors (Lipinski definition) is 1. The van der Waals surface area contributed by atoms with E-state index < -0.39 is 72.8 Å². The summed E-state index contributed by atoms with van der Waals surface area (Å²) in [6.45, 7) is 0. The van der Waals surface area contributed by atoms with Crippen LogP contribution in [0.5, 0.6) is 0 Å². The van der Waals surface area contributed by atoms with Crippen molar-refractivity contribution >= 4 is 10.0 Å². The molecule has 30 heavy (non-hydrogen) atoms. The van der Waals surface area contributed by atoms with E-state index in [1.165, 1.54) is 0 Å². The summed E-state index contributed by atoms with van der Waals surface area (Å²) in [5.74, 6) is -12.2. The van der Waals surface area contributed by atoms with E-state index >= 15 is 0 Å². The maximum absolute atomic E-state index is 14.2. The number of rotatable bonds is 3. The average Bonchev–Trinajstić information content (AvgIpc) is 3.09. The van der Waals surface area contributed by atoms with Crippen molar-refractivity contribution in [2.75, 3.05) is 0 Å². The molecule has 14 heteroatoms. The smallest absolute Gasteiger partial charge is 0.231 e. The van der Waals surface area contributed by atoms with E-state index in [0.29, 0.717) is 0 Å². The Morgan fingerprint density at radius 2 is 1.37 bits per heavy atom. The molecule has 0 bridgehead atoms. The van der Waals surface area contributed by atoms with E-state index in [2.05, 4.69) is 5.10 Å². The van der Waals surface area contributed by atoms with Crippen molar-refractivity contribution in [1.82, 2.24) is 9.78 Å². The van der Waals surface area contributed by atoms with Gasteiger partial charge in [0.05, 0.1) is 16.9 Å². The third-order valence-electron chi connectivity index (χ3n) is 3.87. The molecule has 0 spiro atoms. The number of aromatic nitrogens is 2. The van der Waals surface area contributed by atoms with Crippen LogP contribution in [0.15, 0.2) is 35.2 Å². The van der Waals surface area contributed by atoms with Gasteiger partial charge < -0.3 is 0 Å². The second-order valence-electron chi connectivity index (χ2n) is 5.78. The van der Waals surface area contributed by atoms with Gasteiger partial charge in [-0.25, -0.2) is 40.2 Å². The summed E-state index contributed by atoms with van der Waals surface area (Å²) < 4.78 is 132. The molecule has 2 aromatic carbocycles. The van der Waals surface area contributed by atoms with Gasteiger partial charge in [0.1, 0.15) is 4.90 Å². The van der Waals surface area contributed by atoms with Crippen LogP contribution in [0.1, 0.15) is 5.69 Å². The molecular formula is C16H7F8N3O2S. The Morgan fingerprint density at radius 1 is 0.867 bits per heavy atom. The number of nitrogens with two attached hydrogens (primary N) is 1. The lowest BCUT2D eigenvalue weighted by atomic mass is 10.1. The van der Waals surface area contributed by atoms with Gasteiger partial charge in [0, 0.05) is 0 Å². The van der Waals surface area contributed by atoms with Crippen LogP contribution in [0.25, 0.3) is 16.9 Å². The minimum absolute atomic E-state index is 0.0121. The Bertz CT molecular complexity index is 1240. The zero-order valence-corrected chi connectivity index (χ0v) is 14.9. The van der Waals surface area contributed by atoms with Crippen LogP contribution in [-0.2, 0) is 16.2 Å². The molecule has 0 unspecified atom stereocenters. The molecule has 0 amide bonds. The van der Waals surface area contributed by atoms with Crippen molar-refractivity contribution in [3.05, 3.63) is 65.1 Å². The van der Waals surface area contributed by atoms with Crippen molar-refractivity contribution < 1.29 is 43.5 Å². The minimum Gasteiger partial charge on any atom is -0.231 e. The molecule has 1 heterocycles. The molecule has 0 saturated carbocycles. The predicted molar refractivity (Wildman–Crippen MR) is 85.2 cm³/mol. The van der Waals surface area contributed by atoms with Crippen LogP contribution in [-0.4, -0.2) is 18.2 Å². The highest BCUT2D eigenvalue weighted by Gasteiger charge is 2.38. The van der Waals surface area contributed by atoms with E-state index in [1.54, 1.807) is 0 Å². The third kappa shape index (κ3) is 3.52. The molecular weight excluding hydrogens is 450 g/mol. The van der Waals surface area contributed by atoms with Crippen LogP contribution in [0.4, 0.5) is 35.1 Å². The van der Waals surface area contributed by atoms with Crippen molar-refractivity contribution in [1.29, 1.82) is 0 Å². The first-order valence-corrected chi connectivity index (χ1v) is 9.11. The zero-order chi connectivity index (χ0) is 22.6. The summed E-state index contributed by atoms with van der Waals surface area (Å²) in [4.78, 5) is -0.813. The number of hydrogen-bond acceptors (Lipinski definition) is 3. The minimum atomic E-state index is -5.21. The van der Waals surface area contributed by atoms with Gasteiger partial charge in [0.15, 0.2) is 29.0 Å². The Morgan fingerprint density at radius 3 is 1.87 bits per heavy atom. The average molecular weight is 457 g/mol. The van der Waals surface area contributed by atoms with E-state index in [0.717, 1.165) is 24.3 Å². The van der Waals surface area contributed by atoms with Gasteiger partial charge in [0.2, 0.25) is 15.8 Å². The maximum Gasteiger partial charge on any atom is 0.435 e. The van der Waals surface area contributed by atoms with Gasteiger partial charge in [0.25, 0.3) is 0 Å². The van der Waals surface area contributed by atoms with Gasteiger partial charge in [-0.1, -0.05) is 12.1 Å². The zero-order valence-electron chi connectivity index (χ0n) is 14.1. The second-order valence-corrected chi connectivity index (χ2v) is 7.31. The van der Waals surface area contributed by atoms with Crippen molar-refractivity contribution in [2.45, 2.75) is 11.1 Å². The number of benzene rings is 2. The van der Waals surface area contributed by atoms with E-state index in [9.17, 15) is 43.5 Å². The quantitative estimate of drug-likeness (QED) is 0.368. The highest BCUT2D eigenvalue weighted by molar-refractivity contribution is 7.89. The molecule has 0 aliphatic heterocycles. The number of para-hydroxylation sites is 1. The molecule has 0 radical (unpaired) electrons. The largest absolute Gasteiger partial charge is 0.435 e. The SMILES string of the molecule is NS(=O)(=O)c1ccccc1-n1nc(C(F)(F)F)cc1-c1c(F)c(F)c(F)c(F)c1F.